The average Bonchev–Trinajstić information content (AvgIpc) is 3.22. The molecule has 1 saturated carbocycles. The zero-order valence-corrected chi connectivity index (χ0v) is 15.2. The number of thioether (sulfide) groups is 1. The molecule has 2 aliphatic rings. The largest absolute Gasteiger partial charge is 0.357 e. The molecule has 1 aliphatic carbocycles. The third kappa shape index (κ3) is 7.46. The number of carbonyl (C=O) groups excluding carboxylic acids is 1. The van der Waals surface area contributed by atoms with Crippen molar-refractivity contribution in [1.82, 2.24) is 16.0 Å². The van der Waals surface area contributed by atoms with Gasteiger partial charge in [0.2, 0.25) is 5.91 Å². The minimum absolute atomic E-state index is 0.197. The number of hydrogen-bond acceptors (Lipinski definition) is 3. The van der Waals surface area contributed by atoms with E-state index in [9.17, 15) is 4.79 Å². The first-order valence-corrected chi connectivity index (χ1v) is 10.2. The van der Waals surface area contributed by atoms with Crippen LogP contribution < -0.4 is 16.0 Å². The van der Waals surface area contributed by atoms with Crippen LogP contribution in [0.5, 0.6) is 0 Å². The van der Waals surface area contributed by atoms with Crippen LogP contribution in [0.1, 0.15) is 51.9 Å². The summed E-state index contributed by atoms with van der Waals surface area (Å²) in [5.41, 5.74) is 0. The fourth-order valence-electron chi connectivity index (χ4n) is 3.25. The topological polar surface area (TPSA) is 65.5 Å². The molecule has 1 atom stereocenters. The van der Waals surface area contributed by atoms with Crippen molar-refractivity contribution < 1.29 is 4.79 Å². The third-order valence-corrected chi connectivity index (χ3v) is 5.89. The lowest BCUT2D eigenvalue weighted by Crippen LogP contribution is -2.42. The summed E-state index contributed by atoms with van der Waals surface area (Å²) in [6.07, 6.45) is 8.34. The molecule has 0 aromatic rings. The Morgan fingerprint density at radius 1 is 1.09 bits per heavy atom. The lowest BCUT2D eigenvalue weighted by Gasteiger charge is -2.14. The van der Waals surface area contributed by atoms with E-state index in [0.717, 1.165) is 25.6 Å². The summed E-state index contributed by atoms with van der Waals surface area (Å²) >= 11 is 2.03. The van der Waals surface area contributed by atoms with Crippen molar-refractivity contribution >= 4 is 23.6 Å². The highest BCUT2D eigenvalue weighted by atomic mass is 32.2. The summed E-state index contributed by atoms with van der Waals surface area (Å²) in [4.78, 5) is 16.5. The van der Waals surface area contributed by atoms with Gasteiger partial charge in [-0.1, -0.05) is 12.8 Å². The van der Waals surface area contributed by atoms with E-state index in [-0.39, 0.29) is 5.91 Å². The molecule has 1 amide bonds. The van der Waals surface area contributed by atoms with Crippen molar-refractivity contribution in [2.45, 2.75) is 57.1 Å². The summed E-state index contributed by atoms with van der Waals surface area (Å²) in [7, 11) is 0. The average molecular weight is 341 g/mol. The number of nitrogens with zero attached hydrogens (tertiary/aromatic N) is 1. The van der Waals surface area contributed by atoms with Gasteiger partial charge in [0.25, 0.3) is 0 Å². The molecule has 2 rings (SSSR count). The highest BCUT2D eigenvalue weighted by molar-refractivity contribution is 8.00. The van der Waals surface area contributed by atoms with E-state index in [4.69, 9.17) is 0 Å². The van der Waals surface area contributed by atoms with Crippen LogP contribution in [0.4, 0.5) is 0 Å². The molecular weight excluding hydrogens is 308 g/mol. The summed E-state index contributed by atoms with van der Waals surface area (Å²) in [5, 5.41) is 10.3. The zero-order valence-electron chi connectivity index (χ0n) is 14.4. The minimum Gasteiger partial charge on any atom is -0.357 e. The Balaban J connectivity index is 1.59. The lowest BCUT2D eigenvalue weighted by molar-refractivity contribution is -0.121. The third-order valence-electron chi connectivity index (χ3n) is 4.51. The molecule has 2 fully saturated rings. The number of carbonyl (C=O) groups is 1. The van der Waals surface area contributed by atoms with Gasteiger partial charge in [-0.25, -0.2) is 0 Å². The van der Waals surface area contributed by atoms with Gasteiger partial charge >= 0.3 is 0 Å². The normalized spacial score (nSPS) is 22.3. The van der Waals surface area contributed by atoms with Crippen LogP contribution in [0.25, 0.3) is 0 Å². The Bertz CT molecular complexity index is 377. The van der Waals surface area contributed by atoms with Crippen LogP contribution in [-0.2, 0) is 4.79 Å². The Morgan fingerprint density at radius 3 is 2.57 bits per heavy atom. The minimum atomic E-state index is 0.197. The number of guanidine groups is 1. The molecule has 1 unspecified atom stereocenters. The van der Waals surface area contributed by atoms with E-state index in [1.54, 1.807) is 0 Å². The molecular formula is C17H32N4OS. The highest BCUT2D eigenvalue weighted by Gasteiger charge is 2.18. The van der Waals surface area contributed by atoms with Crippen molar-refractivity contribution in [3.63, 3.8) is 0 Å². The molecule has 0 bridgehead atoms. The van der Waals surface area contributed by atoms with E-state index in [1.165, 1.54) is 44.3 Å². The lowest BCUT2D eigenvalue weighted by atomic mass is 10.0. The molecule has 1 heterocycles. The molecule has 0 aromatic carbocycles. The first-order chi connectivity index (χ1) is 11.3. The van der Waals surface area contributed by atoms with Crippen LogP contribution in [0, 0.1) is 5.92 Å². The second-order valence-corrected chi connectivity index (χ2v) is 7.89. The van der Waals surface area contributed by atoms with Crippen molar-refractivity contribution in [2.24, 2.45) is 10.9 Å². The molecule has 132 valence electrons. The van der Waals surface area contributed by atoms with Gasteiger partial charge in [-0.3, -0.25) is 9.79 Å². The number of nitrogens with one attached hydrogen (secondary N) is 3. The zero-order chi connectivity index (χ0) is 16.3. The molecule has 0 spiro atoms. The smallest absolute Gasteiger partial charge is 0.220 e. The molecule has 0 aromatic heterocycles. The first-order valence-electron chi connectivity index (χ1n) is 9.18. The Labute approximate surface area is 144 Å². The molecule has 3 N–H and O–H groups in total. The molecule has 0 radical (unpaired) electrons. The van der Waals surface area contributed by atoms with E-state index in [2.05, 4.69) is 27.9 Å². The van der Waals surface area contributed by atoms with Crippen LogP contribution in [0.15, 0.2) is 4.99 Å². The van der Waals surface area contributed by atoms with Crippen LogP contribution in [0.2, 0.25) is 0 Å². The number of aliphatic imine (C=N–C) groups is 1. The summed E-state index contributed by atoms with van der Waals surface area (Å²) in [5.74, 6) is 2.95. The van der Waals surface area contributed by atoms with Crippen LogP contribution in [0.3, 0.4) is 0 Å². The molecule has 1 saturated heterocycles. The number of hydrogen-bond donors (Lipinski definition) is 3. The molecule has 6 heteroatoms. The predicted molar refractivity (Wildman–Crippen MR) is 99.0 cm³/mol. The summed E-state index contributed by atoms with van der Waals surface area (Å²) < 4.78 is 0. The molecule has 1 aliphatic heterocycles. The van der Waals surface area contributed by atoms with Crippen LogP contribution in [-0.4, -0.2) is 49.0 Å². The van der Waals surface area contributed by atoms with E-state index in [1.807, 2.05) is 11.8 Å². The second kappa shape index (κ2) is 10.8. The maximum atomic E-state index is 11.9. The van der Waals surface area contributed by atoms with Crippen molar-refractivity contribution in [1.29, 1.82) is 0 Å². The summed E-state index contributed by atoms with van der Waals surface area (Å²) in [6.45, 7) is 5.20. The van der Waals surface area contributed by atoms with Crippen LogP contribution >= 0.6 is 11.8 Å². The van der Waals surface area contributed by atoms with E-state index in [0.29, 0.717) is 24.1 Å². The molecule has 23 heavy (non-hydrogen) atoms. The van der Waals surface area contributed by atoms with Gasteiger partial charge in [0.15, 0.2) is 5.96 Å². The number of amides is 1. The summed E-state index contributed by atoms with van der Waals surface area (Å²) in [6, 6.07) is 0. The maximum Gasteiger partial charge on any atom is 0.220 e. The van der Waals surface area contributed by atoms with Gasteiger partial charge in [-0.2, -0.15) is 11.8 Å². The SMILES string of the molecule is CCNC(=NCC1CCCS1)NCCNC(=O)CC1CCCC1. The standard InChI is InChI=1S/C17H32N4OS/c1-2-18-17(21-13-15-8-5-11-23-15)20-10-9-19-16(22)12-14-6-3-4-7-14/h14-15H,2-13H2,1H3,(H,19,22)(H2,18,20,21). The van der Waals surface area contributed by atoms with Gasteiger partial charge in [0.05, 0.1) is 6.54 Å². The van der Waals surface area contributed by atoms with E-state index >= 15 is 0 Å². The first kappa shape index (κ1) is 18.4. The van der Waals surface area contributed by atoms with Gasteiger partial charge < -0.3 is 16.0 Å². The quantitative estimate of drug-likeness (QED) is 0.360. The van der Waals surface area contributed by atoms with Gasteiger partial charge in [0, 0.05) is 31.3 Å². The second-order valence-electron chi connectivity index (χ2n) is 6.49. The van der Waals surface area contributed by atoms with Gasteiger partial charge in [-0.05, 0) is 44.3 Å². The fraction of sp³-hybridized carbons (Fsp3) is 0.882. The number of rotatable bonds is 8. The molecule has 5 nitrogen and oxygen atoms in total. The van der Waals surface area contributed by atoms with Gasteiger partial charge in [-0.15, -0.1) is 0 Å². The van der Waals surface area contributed by atoms with Crippen molar-refractivity contribution in [2.75, 3.05) is 31.9 Å². The Morgan fingerprint density at radius 2 is 1.87 bits per heavy atom. The highest BCUT2D eigenvalue weighted by Crippen LogP contribution is 2.27. The van der Waals surface area contributed by atoms with E-state index < -0.39 is 0 Å². The van der Waals surface area contributed by atoms with Gasteiger partial charge in [0.1, 0.15) is 0 Å². The Hall–Kier alpha value is -0.910. The predicted octanol–water partition coefficient (Wildman–Crippen LogP) is 2.13. The monoisotopic (exact) mass is 340 g/mol. The Kier molecular flexibility index (Phi) is 8.64. The maximum absolute atomic E-state index is 11.9. The fourth-order valence-corrected chi connectivity index (χ4v) is 4.43. The van der Waals surface area contributed by atoms with Crippen molar-refractivity contribution in [3.8, 4) is 0 Å². The van der Waals surface area contributed by atoms with Crippen molar-refractivity contribution in [3.05, 3.63) is 0 Å².